The van der Waals surface area contributed by atoms with Crippen LogP contribution in [-0.2, 0) is 9.47 Å². The maximum Gasteiger partial charge on any atom is 0.171 e. The zero-order chi connectivity index (χ0) is 20.9. The van der Waals surface area contributed by atoms with Crippen molar-refractivity contribution in [1.29, 1.82) is 0 Å². The molecule has 6 rings (SSSR count). The summed E-state index contributed by atoms with van der Waals surface area (Å²) in [6.07, 6.45) is 13.5. The lowest BCUT2D eigenvalue weighted by atomic mass is 9.47. The summed E-state index contributed by atoms with van der Waals surface area (Å²) in [6, 6.07) is 0. The summed E-state index contributed by atoms with van der Waals surface area (Å²) in [7, 11) is 0. The van der Waals surface area contributed by atoms with E-state index in [0.29, 0.717) is 34.7 Å². The Bertz CT molecular complexity index is 736. The molecule has 0 amide bonds. The minimum atomic E-state index is -0.294. The van der Waals surface area contributed by atoms with Crippen molar-refractivity contribution in [3.05, 3.63) is 11.6 Å². The fraction of sp³-hybridized carbons (Fsp3) is 0.926. The van der Waals surface area contributed by atoms with Gasteiger partial charge in [0.1, 0.15) is 0 Å². The molecule has 6 aliphatic rings. The molecule has 3 heteroatoms. The SMILES string of the molecule is C[C@H]1CC[C@@]2(OC1)O[C@H]1C[C@H]3[C@@H]4CC=C5C[C@@H](O)CC[C@]5(C)[C@@H]4CC[C@]3(C)[C@H]1[C@@H]2C. The zero-order valence-corrected chi connectivity index (χ0v) is 19.5. The molecule has 30 heavy (non-hydrogen) atoms. The molecule has 4 aliphatic carbocycles. The van der Waals surface area contributed by atoms with E-state index in [-0.39, 0.29) is 11.9 Å². The van der Waals surface area contributed by atoms with Gasteiger partial charge in [-0.1, -0.05) is 39.3 Å². The van der Waals surface area contributed by atoms with Crippen LogP contribution in [0, 0.1) is 46.3 Å². The average Bonchev–Trinajstić information content (AvgIpc) is 3.16. The lowest BCUT2D eigenvalue weighted by Gasteiger charge is -2.58. The molecule has 0 unspecified atom stereocenters. The minimum Gasteiger partial charge on any atom is -0.393 e. The maximum absolute atomic E-state index is 10.3. The van der Waals surface area contributed by atoms with E-state index in [9.17, 15) is 5.11 Å². The number of allylic oxidation sites excluding steroid dienone is 1. The van der Waals surface area contributed by atoms with E-state index >= 15 is 0 Å². The summed E-state index contributed by atoms with van der Waals surface area (Å²) in [6.45, 7) is 10.8. The lowest BCUT2D eigenvalue weighted by Crippen LogP contribution is -2.52. The summed E-state index contributed by atoms with van der Waals surface area (Å²) >= 11 is 0. The Labute approximate surface area is 183 Å². The molecular weight excluding hydrogens is 372 g/mol. The third kappa shape index (κ3) is 2.55. The Morgan fingerprint density at radius 2 is 1.87 bits per heavy atom. The van der Waals surface area contributed by atoms with Gasteiger partial charge in [0.2, 0.25) is 0 Å². The minimum absolute atomic E-state index is 0.107. The van der Waals surface area contributed by atoms with Gasteiger partial charge in [0.15, 0.2) is 5.79 Å². The molecule has 168 valence electrons. The summed E-state index contributed by atoms with van der Waals surface area (Å²) in [5.41, 5.74) is 2.31. The lowest BCUT2D eigenvalue weighted by molar-refractivity contribution is -0.272. The van der Waals surface area contributed by atoms with E-state index in [0.717, 1.165) is 43.6 Å². The molecule has 5 fully saturated rings. The molecule has 0 radical (unpaired) electrons. The van der Waals surface area contributed by atoms with E-state index in [1.54, 1.807) is 5.57 Å². The second kappa shape index (κ2) is 6.58. The monoisotopic (exact) mass is 414 g/mol. The van der Waals surface area contributed by atoms with Crippen LogP contribution in [0.1, 0.15) is 85.5 Å². The van der Waals surface area contributed by atoms with Crippen molar-refractivity contribution < 1.29 is 14.6 Å². The highest BCUT2D eigenvalue weighted by Gasteiger charge is 2.68. The third-order valence-electron chi connectivity index (χ3n) is 11.3. The number of fused-ring (bicyclic) bond motifs is 7. The normalized spacial score (nSPS) is 59.8. The van der Waals surface area contributed by atoms with Gasteiger partial charge in [0.05, 0.1) is 18.8 Å². The fourth-order valence-electron chi connectivity index (χ4n) is 9.66. The summed E-state index contributed by atoms with van der Waals surface area (Å²) in [4.78, 5) is 0. The molecule has 0 aromatic carbocycles. The number of hydrogen-bond donors (Lipinski definition) is 1. The van der Waals surface area contributed by atoms with Gasteiger partial charge < -0.3 is 14.6 Å². The first kappa shape index (κ1) is 20.2. The van der Waals surface area contributed by atoms with Gasteiger partial charge >= 0.3 is 0 Å². The van der Waals surface area contributed by atoms with Crippen LogP contribution < -0.4 is 0 Å². The van der Waals surface area contributed by atoms with Crippen LogP contribution in [0.2, 0.25) is 0 Å². The Morgan fingerprint density at radius 3 is 2.63 bits per heavy atom. The van der Waals surface area contributed by atoms with Crippen LogP contribution >= 0.6 is 0 Å². The Hall–Kier alpha value is -0.380. The molecule has 0 aromatic heterocycles. The van der Waals surface area contributed by atoms with Crippen LogP contribution in [0.3, 0.4) is 0 Å². The highest BCUT2D eigenvalue weighted by molar-refractivity contribution is 5.26. The van der Waals surface area contributed by atoms with Gasteiger partial charge in [0.25, 0.3) is 0 Å². The molecule has 2 heterocycles. The van der Waals surface area contributed by atoms with Crippen molar-refractivity contribution in [3.8, 4) is 0 Å². The summed E-state index contributed by atoms with van der Waals surface area (Å²) in [5.74, 6) is 3.94. The highest BCUT2D eigenvalue weighted by atomic mass is 16.7. The van der Waals surface area contributed by atoms with Crippen molar-refractivity contribution in [2.24, 2.45) is 46.3 Å². The van der Waals surface area contributed by atoms with Gasteiger partial charge in [-0.05, 0) is 91.8 Å². The number of aliphatic hydroxyl groups excluding tert-OH is 1. The number of hydrogen-bond acceptors (Lipinski definition) is 3. The predicted molar refractivity (Wildman–Crippen MR) is 118 cm³/mol. The van der Waals surface area contributed by atoms with Crippen LogP contribution in [-0.4, -0.2) is 29.7 Å². The third-order valence-corrected chi connectivity index (χ3v) is 11.3. The van der Waals surface area contributed by atoms with Crippen LogP contribution in [0.4, 0.5) is 0 Å². The van der Waals surface area contributed by atoms with Crippen LogP contribution in [0.25, 0.3) is 0 Å². The number of aliphatic hydroxyl groups is 1. The first-order valence-electron chi connectivity index (χ1n) is 13.0. The molecule has 3 nitrogen and oxygen atoms in total. The molecular formula is C27H42O3. The van der Waals surface area contributed by atoms with E-state index < -0.39 is 0 Å². The Kier molecular flexibility index (Phi) is 4.44. The van der Waals surface area contributed by atoms with E-state index in [1.807, 2.05) is 0 Å². The highest BCUT2D eigenvalue weighted by Crippen LogP contribution is 2.70. The summed E-state index contributed by atoms with van der Waals surface area (Å²) < 4.78 is 13.3. The van der Waals surface area contributed by atoms with Gasteiger partial charge in [-0.15, -0.1) is 0 Å². The molecule has 1 N–H and O–H groups in total. The molecule has 2 saturated heterocycles. The van der Waals surface area contributed by atoms with Gasteiger partial charge in [0, 0.05) is 12.3 Å². The molecule has 0 aromatic rings. The van der Waals surface area contributed by atoms with E-state index in [2.05, 4.69) is 33.8 Å². The van der Waals surface area contributed by atoms with Crippen LogP contribution in [0.5, 0.6) is 0 Å². The smallest absolute Gasteiger partial charge is 0.171 e. The Morgan fingerprint density at radius 1 is 1.03 bits per heavy atom. The molecule has 0 bridgehead atoms. The molecule has 11 atom stereocenters. The van der Waals surface area contributed by atoms with E-state index in [1.165, 1.54) is 38.5 Å². The largest absolute Gasteiger partial charge is 0.393 e. The van der Waals surface area contributed by atoms with Gasteiger partial charge in [-0.25, -0.2) is 0 Å². The van der Waals surface area contributed by atoms with Crippen molar-refractivity contribution in [3.63, 3.8) is 0 Å². The second-order valence-corrected chi connectivity index (χ2v) is 12.7. The standard InChI is InChI=1S/C27H42O3/c1-16-7-12-27(29-15-16)17(2)24-23(30-27)14-22-20-6-5-18-13-19(28)8-10-25(18,3)21(20)9-11-26(22,24)4/h5,16-17,19-24,28H,6-15H2,1-4H3/t16-,17-,19-,20+,21+,22-,23-,24-,25-,26-,27+/m0/s1. The fourth-order valence-corrected chi connectivity index (χ4v) is 9.66. The van der Waals surface area contributed by atoms with Gasteiger partial charge in [-0.2, -0.15) is 0 Å². The summed E-state index contributed by atoms with van der Waals surface area (Å²) in [5, 5.41) is 10.3. The van der Waals surface area contributed by atoms with Gasteiger partial charge in [-0.3, -0.25) is 0 Å². The zero-order valence-electron chi connectivity index (χ0n) is 19.5. The van der Waals surface area contributed by atoms with E-state index in [4.69, 9.17) is 9.47 Å². The maximum atomic E-state index is 10.3. The topological polar surface area (TPSA) is 38.7 Å². The van der Waals surface area contributed by atoms with Crippen molar-refractivity contribution in [1.82, 2.24) is 0 Å². The first-order chi connectivity index (χ1) is 14.3. The second-order valence-electron chi connectivity index (χ2n) is 12.7. The van der Waals surface area contributed by atoms with Crippen molar-refractivity contribution in [2.45, 2.75) is 103 Å². The first-order valence-corrected chi connectivity index (χ1v) is 13.0. The van der Waals surface area contributed by atoms with Crippen molar-refractivity contribution in [2.75, 3.05) is 6.61 Å². The molecule has 1 spiro atoms. The number of ether oxygens (including phenoxy) is 2. The molecule has 3 saturated carbocycles. The van der Waals surface area contributed by atoms with Crippen molar-refractivity contribution >= 4 is 0 Å². The average molecular weight is 415 g/mol. The predicted octanol–water partition coefficient (Wildman–Crippen LogP) is 5.71. The molecule has 2 aliphatic heterocycles. The number of rotatable bonds is 0. The quantitative estimate of drug-likeness (QED) is 0.516. The van der Waals surface area contributed by atoms with Crippen LogP contribution in [0.15, 0.2) is 11.6 Å². The Balaban J connectivity index is 1.28.